The Balaban J connectivity index is 1.20. The van der Waals surface area contributed by atoms with Crippen LogP contribution in [0.15, 0.2) is 102 Å². The zero-order chi connectivity index (χ0) is 52.8. The maximum absolute atomic E-state index is 15.3. The fourth-order valence-corrected chi connectivity index (χ4v) is 12.3. The number of rotatable bonds is 15. The number of carbonyl (C=O) groups excluding carboxylic acids is 8. The third kappa shape index (κ3) is 9.50. The maximum atomic E-state index is 15.3. The summed E-state index contributed by atoms with van der Waals surface area (Å²) < 4.78 is 30.7. The van der Waals surface area contributed by atoms with Crippen LogP contribution in [0.25, 0.3) is 0 Å². The molecule has 8 rings (SSSR count). The molecular formula is C54H60N2O16S. The van der Waals surface area contributed by atoms with E-state index in [-0.39, 0.29) is 71.6 Å². The lowest BCUT2D eigenvalue weighted by molar-refractivity contribution is -0.346. The van der Waals surface area contributed by atoms with E-state index >= 15 is 9.59 Å². The largest absolute Gasteiger partial charge is 0.455 e. The summed E-state index contributed by atoms with van der Waals surface area (Å²) in [6, 6.07) is 22.6. The van der Waals surface area contributed by atoms with Crippen molar-refractivity contribution in [1.29, 1.82) is 0 Å². The quantitative estimate of drug-likeness (QED) is 0.0554. The number of carbonyl (C=O) groups is 8. The number of amides is 3. The van der Waals surface area contributed by atoms with Crippen molar-refractivity contribution in [2.45, 2.75) is 115 Å². The third-order valence-corrected chi connectivity index (χ3v) is 16.5. The highest BCUT2D eigenvalue weighted by atomic mass is 32.2. The van der Waals surface area contributed by atoms with Gasteiger partial charge in [-0.1, -0.05) is 87.5 Å². The van der Waals surface area contributed by atoms with Crippen LogP contribution in [0.4, 0.5) is 0 Å². The second-order valence-electron chi connectivity index (χ2n) is 20.3. The minimum Gasteiger partial charge on any atom is -0.455 e. The monoisotopic (exact) mass is 1020 g/mol. The summed E-state index contributed by atoms with van der Waals surface area (Å²) in [5.74, 6) is -8.43. The number of aliphatic hydroxyl groups excluding tert-OH is 2. The van der Waals surface area contributed by atoms with Crippen LogP contribution in [0.2, 0.25) is 0 Å². The van der Waals surface area contributed by atoms with E-state index in [1.807, 2.05) is 0 Å². The highest BCUT2D eigenvalue weighted by Crippen LogP contribution is 2.64. The summed E-state index contributed by atoms with van der Waals surface area (Å²) in [7, 11) is 0. The smallest absolute Gasteiger partial charge is 0.350 e. The summed E-state index contributed by atoms with van der Waals surface area (Å²) in [6.07, 6.45) is -10.9. The van der Waals surface area contributed by atoms with Crippen molar-refractivity contribution in [3.63, 3.8) is 0 Å². The number of aliphatic hydroxyl groups is 3. The van der Waals surface area contributed by atoms with Crippen molar-refractivity contribution in [3.8, 4) is 0 Å². The predicted molar refractivity (Wildman–Crippen MR) is 260 cm³/mol. The summed E-state index contributed by atoms with van der Waals surface area (Å²) in [5, 5.41) is 41.1. The number of Topliss-reactive ketones (excluding diaryl/α,β-unsaturated/α-hetero) is 1. The van der Waals surface area contributed by atoms with Gasteiger partial charge < -0.3 is 44.3 Å². The van der Waals surface area contributed by atoms with Gasteiger partial charge in [0.25, 0.3) is 5.91 Å². The van der Waals surface area contributed by atoms with Gasteiger partial charge in [0.05, 0.1) is 35.4 Å². The normalized spacial score (nSPS) is 31.1. The molecule has 4 N–H and O–H groups in total. The molecule has 2 saturated heterocycles. The number of esters is 4. The van der Waals surface area contributed by atoms with E-state index in [1.165, 1.54) is 39.8 Å². The average molecular weight is 1030 g/mol. The van der Waals surface area contributed by atoms with Gasteiger partial charge in [0, 0.05) is 55.4 Å². The Morgan fingerprint density at radius 2 is 1.51 bits per heavy atom. The molecule has 2 bridgehead atoms. The Morgan fingerprint density at radius 3 is 2.08 bits per heavy atom. The van der Waals surface area contributed by atoms with Crippen LogP contribution in [0.3, 0.4) is 0 Å². The summed E-state index contributed by atoms with van der Waals surface area (Å²) >= 11 is 1.04. The molecule has 5 aliphatic rings. The number of nitrogens with one attached hydrogen (secondary N) is 1. The molecule has 3 amide bonds. The fourth-order valence-electron chi connectivity index (χ4n) is 11.6. The minimum atomic E-state index is -2.45. The molecule has 2 saturated carbocycles. The maximum Gasteiger partial charge on any atom is 0.350 e. The molecule has 2 aliphatic heterocycles. The Bertz CT molecular complexity index is 2700. The number of likely N-dealkylation sites (tertiary alicyclic amines) is 1. The van der Waals surface area contributed by atoms with Crippen molar-refractivity contribution in [3.05, 3.63) is 119 Å². The van der Waals surface area contributed by atoms with Crippen LogP contribution in [0.5, 0.6) is 0 Å². The van der Waals surface area contributed by atoms with Crippen LogP contribution in [-0.2, 0) is 52.5 Å². The number of thioether (sulfide) groups is 1. The Morgan fingerprint density at radius 1 is 0.890 bits per heavy atom. The zero-order valence-electron chi connectivity index (χ0n) is 41.3. The van der Waals surface area contributed by atoms with E-state index in [1.54, 1.807) is 85.8 Å². The molecule has 0 spiro atoms. The van der Waals surface area contributed by atoms with Crippen molar-refractivity contribution < 1.29 is 77.4 Å². The van der Waals surface area contributed by atoms with Gasteiger partial charge in [-0.25, -0.2) is 9.59 Å². The van der Waals surface area contributed by atoms with Gasteiger partial charge in [0.1, 0.15) is 36.1 Å². The molecule has 73 heavy (non-hydrogen) atoms. The van der Waals surface area contributed by atoms with E-state index in [9.17, 15) is 44.1 Å². The molecule has 19 heteroatoms. The number of imide groups is 1. The van der Waals surface area contributed by atoms with Crippen LogP contribution in [-0.4, -0.2) is 140 Å². The zero-order valence-corrected chi connectivity index (χ0v) is 42.1. The van der Waals surface area contributed by atoms with Gasteiger partial charge >= 0.3 is 23.9 Å². The lowest BCUT2D eigenvalue weighted by atomic mass is 9.44. The standard InChI is InChI=1S/C54H60N2O16S/c1-29-24-38(59)56(48(29)64)22-23-73-27-39(60)70-43(41(32-16-10-7-11-17-32)55-47(63)33-18-12-8-13-19-33)50(66)69-35-26-54(67)46(71-49(65)34-20-14-9-15-21-34)44-52(6,45(62)42(61)40(30(35)2)51(54,4)5)36(58)25-37-53(44,28-68-37)72-31(3)57/h7-21,29,35-37,41-44,46,58,61,67H,22-28H2,1-6H3,(H,55,63)/t29?,35?,36-,37+,41?,42+,43?,44?,46?,52+,53-,54+/m0/s1. The first kappa shape index (κ1) is 53.1. The molecule has 18 nitrogen and oxygen atoms in total. The van der Waals surface area contributed by atoms with E-state index in [2.05, 4.69) is 5.32 Å². The van der Waals surface area contributed by atoms with Gasteiger partial charge in [-0.15, -0.1) is 11.8 Å². The Kier molecular flexibility index (Phi) is 15.0. The molecular weight excluding hydrogens is 965 g/mol. The number of hydrogen-bond acceptors (Lipinski definition) is 17. The second kappa shape index (κ2) is 20.6. The van der Waals surface area contributed by atoms with Crippen molar-refractivity contribution >= 4 is 59.1 Å². The molecule has 388 valence electrons. The van der Waals surface area contributed by atoms with Crippen LogP contribution in [0, 0.1) is 22.7 Å². The minimum absolute atomic E-state index is 0.0325. The molecule has 0 aromatic heterocycles. The van der Waals surface area contributed by atoms with E-state index in [0.717, 1.165) is 23.6 Å². The summed E-state index contributed by atoms with van der Waals surface area (Å²) in [6.45, 7) is 8.42. The number of fused-ring (bicyclic) bond motifs is 5. The van der Waals surface area contributed by atoms with Gasteiger partial charge in [-0.05, 0) is 54.8 Å². The number of ether oxygens (including phenoxy) is 5. The van der Waals surface area contributed by atoms with Crippen LogP contribution < -0.4 is 5.32 Å². The second-order valence-corrected chi connectivity index (χ2v) is 21.4. The number of hydrogen-bond donors (Lipinski definition) is 4. The average Bonchev–Trinajstić information content (AvgIpc) is 3.60. The SMILES string of the molecule is CC(=O)O[C@@]12CO[C@@H]1C[C@H](O)[C@@]1(C)C(=O)[C@H](O)C3=C(C)C(OC(=O)C(OC(=O)CSCCN4C(=O)CC(C)C4=O)C(NC(=O)c4ccccc4)c4ccccc4)C[C@@](O)(C(OC(=O)c4ccccc4)C12)C3(C)C. The molecule has 6 unspecified atom stereocenters. The molecule has 3 aliphatic carbocycles. The molecule has 4 fully saturated rings. The third-order valence-electron chi connectivity index (χ3n) is 15.6. The van der Waals surface area contributed by atoms with Crippen molar-refractivity contribution in [1.82, 2.24) is 10.2 Å². The van der Waals surface area contributed by atoms with Crippen molar-refractivity contribution in [2.75, 3.05) is 24.7 Å². The molecule has 0 radical (unpaired) electrons. The highest BCUT2D eigenvalue weighted by molar-refractivity contribution is 7.99. The summed E-state index contributed by atoms with van der Waals surface area (Å²) in [5.41, 5.74) is -7.49. The first-order valence-electron chi connectivity index (χ1n) is 24.2. The Labute approximate surface area is 426 Å². The topological polar surface area (TPSA) is 259 Å². The number of benzene rings is 3. The predicted octanol–water partition coefficient (Wildman–Crippen LogP) is 3.84. The van der Waals surface area contributed by atoms with E-state index in [4.69, 9.17) is 23.7 Å². The lowest BCUT2D eigenvalue weighted by Gasteiger charge is -2.67. The van der Waals surface area contributed by atoms with Gasteiger partial charge in [-0.2, -0.15) is 0 Å². The molecule has 2 heterocycles. The number of ketones is 1. The van der Waals surface area contributed by atoms with Gasteiger partial charge in [-0.3, -0.25) is 33.7 Å². The van der Waals surface area contributed by atoms with Crippen LogP contribution >= 0.6 is 11.8 Å². The first-order valence-corrected chi connectivity index (χ1v) is 25.4. The van der Waals surface area contributed by atoms with Gasteiger partial charge in [0.15, 0.2) is 11.4 Å². The first-order chi connectivity index (χ1) is 34.6. The fraction of sp³-hybridized carbons (Fsp3) is 0.481. The Hall–Kier alpha value is -6.25. The van der Waals surface area contributed by atoms with E-state index in [0.29, 0.717) is 5.56 Å². The molecule has 12 atom stereocenters. The lowest BCUT2D eigenvalue weighted by Crippen LogP contribution is -2.81. The molecule has 3 aromatic carbocycles. The van der Waals surface area contributed by atoms with Crippen molar-refractivity contribution in [2.24, 2.45) is 22.7 Å². The summed E-state index contributed by atoms with van der Waals surface area (Å²) in [4.78, 5) is 112. The van der Waals surface area contributed by atoms with Crippen LogP contribution in [0.1, 0.15) is 93.1 Å². The highest BCUT2D eigenvalue weighted by Gasteiger charge is 2.78. The van der Waals surface area contributed by atoms with Gasteiger partial charge in [0.2, 0.25) is 17.9 Å². The number of nitrogens with zero attached hydrogens (tertiary/aromatic N) is 1. The molecule has 3 aromatic rings. The van der Waals surface area contributed by atoms with E-state index < -0.39 is 119 Å².